The van der Waals surface area contributed by atoms with Crippen LogP contribution in [-0.2, 0) is 15.0 Å². The molecular formula is C11H16ClN3O3S. The summed E-state index contributed by atoms with van der Waals surface area (Å²) in [5.74, 6) is -0.457. The predicted molar refractivity (Wildman–Crippen MR) is 75.3 cm³/mol. The topological polar surface area (TPSA) is 69.7 Å². The highest BCUT2D eigenvalue weighted by Crippen LogP contribution is 2.20. The molecule has 0 heterocycles. The Morgan fingerprint density at radius 3 is 2.37 bits per heavy atom. The molecule has 0 aliphatic rings. The van der Waals surface area contributed by atoms with Gasteiger partial charge in [0.05, 0.1) is 17.3 Å². The zero-order valence-electron chi connectivity index (χ0n) is 10.9. The van der Waals surface area contributed by atoms with Crippen molar-refractivity contribution >= 4 is 33.4 Å². The summed E-state index contributed by atoms with van der Waals surface area (Å²) >= 11 is 5.89. The summed E-state index contributed by atoms with van der Waals surface area (Å²) in [6.07, 6.45) is 0. The molecule has 0 aliphatic carbocycles. The van der Waals surface area contributed by atoms with Crippen LogP contribution in [0.1, 0.15) is 0 Å². The molecule has 0 atom stereocenters. The van der Waals surface area contributed by atoms with Gasteiger partial charge in [-0.15, -0.1) is 0 Å². The van der Waals surface area contributed by atoms with Crippen LogP contribution in [-0.4, -0.2) is 50.6 Å². The molecule has 0 aliphatic heterocycles. The Balaban J connectivity index is 2.70. The first-order valence-corrected chi connectivity index (χ1v) is 7.21. The van der Waals surface area contributed by atoms with E-state index in [1.807, 2.05) is 0 Å². The first kappa shape index (κ1) is 15.9. The number of likely N-dealkylation sites (N-methyl/N-ethyl adjacent to an activating group) is 1. The number of rotatable bonds is 5. The quantitative estimate of drug-likeness (QED) is 0.883. The van der Waals surface area contributed by atoms with Gasteiger partial charge in [0.15, 0.2) is 0 Å². The Morgan fingerprint density at radius 1 is 1.26 bits per heavy atom. The SMILES string of the molecule is CN(C)S(=O)(=O)N(C)CC(=O)Nc1ccccc1Cl. The van der Waals surface area contributed by atoms with Gasteiger partial charge in [-0.25, -0.2) is 0 Å². The average molecular weight is 306 g/mol. The second-order valence-electron chi connectivity index (χ2n) is 4.07. The lowest BCUT2D eigenvalue weighted by molar-refractivity contribution is -0.116. The summed E-state index contributed by atoms with van der Waals surface area (Å²) in [4.78, 5) is 11.7. The van der Waals surface area contributed by atoms with Crippen LogP contribution < -0.4 is 5.32 Å². The third-order valence-corrected chi connectivity index (χ3v) is 4.54. The number of amides is 1. The molecule has 0 bridgehead atoms. The zero-order valence-corrected chi connectivity index (χ0v) is 12.5. The van der Waals surface area contributed by atoms with Crippen molar-refractivity contribution in [2.45, 2.75) is 0 Å². The van der Waals surface area contributed by atoms with Crippen molar-refractivity contribution in [3.05, 3.63) is 29.3 Å². The molecule has 0 fully saturated rings. The number of nitrogens with zero attached hydrogens (tertiary/aromatic N) is 2. The number of carbonyl (C=O) groups excluding carboxylic acids is 1. The lowest BCUT2D eigenvalue weighted by Crippen LogP contribution is -2.41. The Bertz CT molecular complexity index is 560. The summed E-state index contributed by atoms with van der Waals surface area (Å²) < 4.78 is 25.5. The molecule has 0 radical (unpaired) electrons. The van der Waals surface area contributed by atoms with Gasteiger partial charge in [0.2, 0.25) is 5.91 Å². The summed E-state index contributed by atoms with van der Waals surface area (Å²) in [6, 6.07) is 6.74. The smallest absolute Gasteiger partial charge is 0.281 e. The Morgan fingerprint density at radius 2 is 1.84 bits per heavy atom. The van der Waals surface area contributed by atoms with Gasteiger partial charge < -0.3 is 5.32 Å². The molecule has 1 aromatic rings. The van der Waals surface area contributed by atoms with Crippen LogP contribution in [0.3, 0.4) is 0 Å². The fourth-order valence-corrected chi connectivity index (χ4v) is 2.34. The maximum Gasteiger partial charge on any atom is 0.281 e. The first-order valence-electron chi connectivity index (χ1n) is 5.43. The van der Waals surface area contributed by atoms with E-state index in [4.69, 9.17) is 11.6 Å². The highest BCUT2D eigenvalue weighted by molar-refractivity contribution is 7.86. The lowest BCUT2D eigenvalue weighted by Gasteiger charge is -2.20. The van der Waals surface area contributed by atoms with E-state index in [2.05, 4.69) is 5.32 Å². The van der Waals surface area contributed by atoms with E-state index >= 15 is 0 Å². The molecule has 1 aromatic carbocycles. The number of hydrogen-bond donors (Lipinski definition) is 1. The van der Waals surface area contributed by atoms with E-state index in [1.165, 1.54) is 21.1 Å². The predicted octanol–water partition coefficient (Wildman–Crippen LogP) is 1.02. The third kappa shape index (κ3) is 4.17. The van der Waals surface area contributed by atoms with Crippen molar-refractivity contribution in [1.82, 2.24) is 8.61 Å². The van der Waals surface area contributed by atoms with Gasteiger partial charge in [0.25, 0.3) is 10.2 Å². The van der Waals surface area contributed by atoms with Crippen LogP contribution in [0, 0.1) is 0 Å². The molecule has 0 unspecified atom stereocenters. The van der Waals surface area contributed by atoms with Crippen LogP contribution in [0.25, 0.3) is 0 Å². The minimum atomic E-state index is -3.60. The van der Waals surface area contributed by atoms with Crippen molar-refractivity contribution < 1.29 is 13.2 Å². The van der Waals surface area contributed by atoms with Gasteiger partial charge in [0.1, 0.15) is 0 Å². The highest BCUT2D eigenvalue weighted by Gasteiger charge is 2.22. The number of halogens is 1. The van der Waals surface area contributed by atoms with Crippen molar-refractivity contribution in [2.75, 3.05) is 33.0 Å². The summed E-state index contributed by atoms with van der Waals surface area (Å²) in [5.41, 5.74) is 0.449. The number of benzene rings is 1. The summed E-state index contributed by atoms with van der Waals surface area (Å²) in [5, 5.41) is 2.95. The molecule has 6 nitrogen and oxygen atoms in total. The van der Waals surface area contributed by atoms with Gasteiger partial charge in [-0.2, -0.15) is 17.0 Å². The summed E-state index contributed by atoms with van der Waals surface area (Å²) in [6.45, 7) is -0.286. The molecule has 106 valence electrons. The maximum atomic E-state index is 11.7. The molecule has 0 spiro atoms. The van der Waals surface area contributed by atoms with E-state index in [9.17, 15) is 13.2 Å². The van der Waals surface area contributed by atoms with Gasteiger partial charge in [-0.1, -0.05) is 23.7 Å². The van der Waals surface area contributed by atoms with Gasteiger partial charge in [0, 0.05) is 21.1 Å². The monoisotopic (exact) mass is 305 g/mol. The zero-order chi connectivity index (χ0) is 14.6. The first-order chi connectivity index (χ1) is 8.75. The van der Waals surface area contributed by atoms with Crippen LogP contribution in [0.2, 0.25) is 5.02 Å². The highest BCUT2D eigenvalue weighted by atomic mass is 35.5. The fraction of sp³-hybridized carbons (Fsp3) is 0.364. The standard InChI is InChI=1S/C11H16ClN3O3S/c1-14(2)19(17,18)15(3)8-11(16)13-10-7-5-4-6-9(10)12/h4-7H,8H2,1-3H3,(H,13,16). The molecule has 1 amide bonds. The number of anilines is 1. The van der Waals surface area contributed by atoms with Crippen LogP contribution in [0.15, 0.2) is 24.3 Å². The minimum Gasteiger partial charge on any atom is -0.324 e. The van der Waals surface area contributed by atoms with Gasteiger partial charge in [-0.05, 0) is 12.1 Å². The molecule has 8 heteroatoms. The van der Waals surface area contributed by atoms with Crippen molar-refractivity contribution in [1.29, 1.82) is 0 Å². The van der Waals surface area contributed by atoms with E-state index in [-0.39, 0.29) is 6.54 Å². The Kier molecular flexibility index (Phi) is 5.30. The number of nitrogens with one attached hydrogen (secondary N) is 1. The van der Waals surface area contributed by atoms with Crippen LogP contribution >= 0.6 is 11.6 Å². The third-order valence-electron chi connectivity index (χ3n) is 2.37. The number of carbonyl (C=O) groups is 1. The molecular weight excluding hydrogens is 290 g/mol. The lowest BCUT2D eigenvalue weighted by atomic mass is 10.3. The van der Waals surface area contributed by atoms with E-state index < -0.39 is 16.1 Å². The largest absolute Gasteiger partial charge is 0.324 e. The molecule has 1 N–H and O–H groups in total. The minimum absolute atomic E-state index is 0.286. The number of para-hydroxylation sites is 1. The summed E-state index contributed by atoms with van der Waals surface area (Å²) in [7, 11) is 0.535. The normalized spacial score (nSPS) is 11.9. The molecule has 19 heavy (non-hydrogen) atoms. The Labute approximate surface area is 118 Å². The molecule has 0 saturated heterocycles. The van der Waals surface area contributed by atoms with Crippen LogP contribution in [0.5, 0.6) is 0 Å². The van der Waals surface area contributed by atoms with Gasteiger partial charge >= 0.3 is 0 Å². The molecule has 0 saturated carbocycles. The second kappa shape index (κ2) is 6.33. The fourth-order valence-electron chi connectivity index (χ4n) is 1.31. The van der Waals surface area contributed by atoms with E-state index in [0.717, 1.165) is 8.61 Å². The molecule has 0 aromatic heterocycles. The molecule has 1 rings (SSSR count). The van der Waals surface area contributed by atoms with Crippen molar-refractivity contribution in [2.24, 2.45) is 0 Å². The average Bonchev–Trinajstić information content (AvgIpc) is 2.31. The van der Waals surface area contributed by atoms with Crippen molar-refractivity contribution in [3.8, 4) is 0 Å². The van der Waals surface area contributed by atoms with Crippen molar-refractivity contribution in [3.63, 3.8) is 0 Å². The Hall–Kier alpha value is -1.15. The van der Waals surface area contributed by atoms with Gasteiger partial charge in [-0.3, -0.25) is 4.79 Å². The second-order valence-corrected chi connectivity index (χ2v) is 6.73. The van der Waals surface area contributed by atoms with E-state index in [1.54, 1.807) is 24.3 Å². The van der Waals surface area contributed by atoms with Crippen LogP contribution in [0.4, 0.5) is 5.69 Å². The number of hydrogen-bond acceptors (Lipinski definition) is 3. The van der Waals surface area contributed by atoms with E-state index in [0.29, 0.717) is 10.7 Å². The maximum absolute atomic E-state index is 11.7.